The maximum absolute atomic E-state index is 14.7. The number of ketones is 1. The standard InChI is InChI=1S/C40H34N4O/c1-38(2,3)22-10-25-31(20(16-41)17-42)27-12-23(39(4,5)6)14-29-34(27)36-33(25)26(11-22)32(21(18-43)19-44)28-13-24(40(7,8)9)15-30(35(28)36)37(29)45/h10-15,29H,1-9H3. The molecular formula is C40H34N4O. The van der Waals surface area contributed by atoms with Gasteiger partial charge in [0.05, 0.1) is 5.92 Å². The highest BCUT2D eigenvalue weighted by Crippen LogP contribution is 2.46. The maximum atomic E-state index is 14.7. The molecule has 0 saturated heterocycles. The summed E-state index contributed by atoms with van der Waals surface area (Å²) in [5.74, 6) is -0.676. The van der Waals surface area contributed by atoms with E-state index in [-0.39, 0.29) is 33.2 Å². The van der Waals surface area contributed by atoms with Gasteiger partial charge < -0.3 is 0 Å². The fraction of sp³-hybridized carbons (Fsp3) is 0.325. The van der Waals surface area contributed by atoms with Crippen molar-refractivity contribution in [3.05, 3.63) is 73.8 Å². The van der Waals surface area contributed by atoms with Gasteiger partial charge >= 0.3 is 0 Å². The summed E-state index contributed by atoms with van der Waals surface area (Å²) in [5.41, 5.74) is 3.18. The molecular weight excluding hydrogens is 552 g/mol. The molecule has 0 aromatic heterocycles. The zero-order valence-electron chi connectivity index (χ0n) is 27.2. The number of nitrogens with zero attached hydrogens (tertiary/aromatic N) is 4. The molecule has 4 aromatic carbocycles. The predicted octanol–water partition coefficient (Wildman–Crippen LogP) is 6.90. The predicted molar refractivity (Wildman–Crippen MR) is 179 cm³/mol. The minimum absolute atomic E-state index is 0.0339. The summed E-state index contributed by atoms with van der Waals surface area (Å²) in [6.07, 6.45) is 4.10. The van der Waals surface area contributed by atoms with Gasteiger partial charge in [-0.25, -0.2) is 0 Å². The van der Waals surface area contributed by atoms with E-state index in [1.54, 1.807) is 0 Å². The number of hydrogen-bond acceptors (Lipinski definition) is 5. The second-order valence-corrected chi connectivity index (χ2v) is 15.4. The van der Waals surface area contributed by atoms with Crippen LogP contribution in [0.4, 0.5) is 0 Å². The zero-order chi connectivity index (χ0) is 33.0. The molecule has 1 atom stereocenters. The Morgan fingerprint density at radius 1 is 0.622 bits per heavy atom. The molecule has 5 nitrogen and oxygen atoms in total. The van der Waals surface area contributed by atoms with Crippen LogP contribution in [0.5, 0.6) is 0 Å². The normalized spacial score (nSPS) is 15.7. The van der Waals surface area contributed by atoms with Crippen molar-refractivity contribution in [1.82, 2.24) is 0 Å². The van der Waals surface area contributed by atoms with Gasteiger partial charge in [-0.15, -0.1) is 0 Å². The van der Waals surface area contributed by atoms with Gasteiger partial charge in [0, 0.05) is 21.4 Å². The van der Waals surface area contributed by atoms with Crippen LogP contribution in [0.2, 0.25) is 0 Å². The minimum Gasteiger partial charge on any atom is -0.293 e. The number of carbonyl (C=O) groups is 1. The second kappa shape index (κ2) is 9.38. The molecule has 6 rings (SSSR count). The van der Waals surface area contributed by atoms with E-state index >= 15 is 0 Å². The number of benzene rings is 4. The third kappa shape index (κ3) is 4.12. The molecule has 0 radical (unpaired) electrons. The molecule has 45 heavy (non-hydrogen) atoms. The fourth-order valence-corrected chi connectivity index (χ4v) is 7.02. The lowest BCUT2D eigenvalue weighted by atomic mass is 9.69. The van der Waals surface area contributed by atoms with E-state index in [1.807, 2.05) is 18.2 Å². The molecule has 0 spiro atoms. The molecule has 2 aliphatic rings. The highest BCUT2D eigenvalue weighted by Gasteiger charge is 2.37. The Bertz CT molecular complexity index is 2450. The molecule has 1 unspecified atom stereocenters. The number of rotatable bonds is 0. The first kappa shape index (κ1) is 29.8. The first-order valence-corrected chi connectivity index (χ1v) is 15.2. The zero-order valence-corrected chi connectivity index (χ0v) is 27.2. The van der Waals surface area contributed by atoms with E-state index in [2.05, 4.69) is 105 Å². The first-order valence-electron chi connectivity index (χ1n) is 15.2. The van der Waals surface area contributed by atoms with Gasteiger partial charge in [-0.05, 0) is 94.9 Å². The third-order valence-corrected chi connectivity index (χ3v) is 9.46. The number of hydrogen-bond donors (Lipinski definition) is 0. The molecule has 220 valence electrons. The first-order chi connectivity index (χ1) is 21.0. The van der Waals surface area contributed by atoms with Crippen LogP contribution >= 0.6 is 0 Å². The Balaban J connectivity index is 2.17. The van der Waals surface area contributed by atoms with Crippen LogP contribution in [0.3, 0.4) is 0 Å². The molecule has 0 aliphatic heterocycles. The van der Waals surface area contributed by atoms with E-state index in [9.17, 15) is 25.8 Å². The van der Waals surface area contributed by atoms with E-state index < -0.39 is 5.92 Å². The molecule has 0 N–H and O–H groups in total. The lowest BCUT2D eigenvalue weighted by Gasteiger charge is -2.33. The van der Waals surface area contributed by atoms with Crippen LogP contribution in [0.25, 0.3) is 49.5 Å². The van der Waals surface area contributed by atoms with Gasteiger partial charge in [-0.1, -0.05) is 74.5 Å². The van der Waals surface area contributed by atoms with E-state index in [4.69, 9.17) is 0 Å². The van der Waals surface area contributed by atoms with Gasteiger partial charge in [0.25, 0.3) is 0 Å². The maximum Gasteiger partial charge on any atom is 0.174 e. The van der Waals surface area contributed by atoms with Crippen LogP contribution in [0.1, 0.15) is 95.3 Å². The topological polar surface area (TPSA) is 112 Å². The number of allylic oxidation sites excluding steroid dienone is 2. The molecule has 5 heteroatoms. The number of nitriles is 4. The second-order valence-electron chi connectivity index (χ2n) is 15.4. The smallest absolute Gasteiger partial charge is 0.174 e. The fourth-order valence-electron chi connectivity index (χ4n) is 7.02. The Hall–Kier alpha value is -5.23. The summed E-state index contributed by atoms with van der Waals surface area (Å²) >= 11 is 0. The summed E-state index contributed by atoms with van der Waals surface area (Å²) in [6, 6.07) is 16.7. The average molecular weight is 587 g/mol. The quantitative estimate of drug-likeness (QED) is 0.164. The van der Waals surface area contributed by atoms with E-state index in [0.29, 0.717) is 32.2 Å². The van der Waals surface area contributed by atoms with Gasteiger partial charge in [-0.2, -0.15) is 21.0 Å². The lowest BCUT2D eigenvalue weighted by Crippen LogP contribution is -2.39. The van der Waals surface area contributed by atoms with Crippen LogP contribution in [-0.4, -0.2) is 5.78 Å². The summed E-state index contributed by atoms with van der Waals surface area (Å²) in [4.78, 5) is 14.7. The van der Waals surface area contributed by atoms with Crippen molar-refractivity contribution in [2.45, 2.75) is 79.1 Å². The average Bonchev–Trinajstić information content (AvgIpc) is 2.96. The minimum atomic E-state index is -0.612. The van der Waals surface area contributed by atoms with Crippen molar-refractivity contribution in [3.63, 3.8) is 0 Å². The molecule has 2 aliphatic carbocycles. The van der Waals surface area contributed by atoms with Crippen LogP contribution in [0, 0.1) is 50.7 Å². The molecule has 0 heterocycles. The van der Waals surface area contributed by atoms with Gasteiger partial charge in [0.2, 0.25) is 0 Å². The van der Waals surface area contributed by atoms with Gasteiger partial charge in [0.1, 0.15) is 35.4 Å². The van der Waals surface area contributed by atoms with Crippen LogP contribution in [0.15, 0.2) is 35.9 Å². The van der Waals surface area contributed by atoms with Crippen molar-refractivity contribution in [2.75, 3.05) is 0 Å². The number of carbonyl (C=O) groups excluding carboxylic acids is 1. The highest BCUT2D eigenvalue weighted by molar-refractivity contribution is 6.32. The van der Waals surface area contributed by atoms with Crippen molar-refractivity contribution in [2.24, 2.45) is 5.41 Å². The van der Waals surface area contributed by atoms with E-state index in [1.165, 1.54) is 0 Å². The highest BCUT2D eigenvalue weighted by atomic mass is 16.1. The molecule has 0 saturated carbocycles. The Kier molecular flexibility index (Phi) is 6.22. The van der Waals surface area contributed by atoms with Crippen LogP contribution < -0.4 is 15.7 Å². The molecule has 0 bridgehead atoms. The molecule has 0 amide bonds. The lowest BCUT2D eigenvalue weighted by molar-refractivity contribution is 0.0976. The Labute approximate surface area is 263 Å². The monoisotopic (exact) mass is 586 g/mol. The summed E-state index contributed by atoms with van der Waals surface area (Å²) in [7, 11) is 0. The summed E-state index contributed by atoms with van der Waals surface area (Å²) < 4.78 is 0. The van der Waals surface area contributed by atoms with Gasteiger partial charge in [0.15, 0.2) is 5.78 Å². The Morgan fingerprint density at radius 2 is 1.09 bits per heavy atom. The summed E-state index contributed by atoms with van der Waals surface area (Å²) in [6.45, 7) is 18.8. The summed E-state index contributed by atoms with van der Waals surface area (Å²) in [5, 5.41) is 47.5. The largest absolute Gasteiger partial charge is 0.293 e. The number of Topliss-reactive ketones (excluding diaryl/α,β-unsaturated/α-hetero) is 1. The molecule has 0 fully saturated rings. The van der Waals surface area contributed by atoms with Crippen LogP contribution in [-0.2, 0) is 10.8 Å². The van der Waals surface area contributed by atoms with Crippen molar-refractivity contribution < 1.29 is 4.79 Å². The third-order valence-electron chi connectivity index (χ3n) is 9.46. The van der Waals surface area contributed by atoms with Gasteiger partial charge in [-0.3, -0.25) is 4.79 Å². The van der Waals surface area contributed by atoms with Crippen molar-refractivity contribution in [1.29, 1.82) is 21.0 Å². The van der Waals surface area contributed by atoms with E-state index in [0.717, 1.165) is 43.6 Å². The SMILES string of the molecule is CC(C)(C)C1=CC2C(=O)c3cc(C(C)(C)C)cc4c(=C(C#N)C#N)c5cc(C(C)(C)C)cc6c(=C(C#N)C#N)c(c2c(c34)c65)=C1. The van der Waals surface area contributed by atoms with Crippen molar-refractivity contribution in [3.8, 4) is 24.3 Å². The molecule has 4 aromatic rings. The Morgan fingerprint density at radius 3 is 1.58 bits per heavy atom. The van der Waals surface area contributed by atoms with Crippen molar-refractivity contribution >= 4 is 55.3 Å².